The van der Waals surface area contributed by atoms with E-state index in [4.69, 9.17) is 4.74 Å². The largest absolute Gasteiger partial charge is 0.494 e. The Bertz CT molecular complexity index is 1330. The number of anilines is 1. The van der Waals surface area contributed by atoms with Crippen molar-refractivity contribution in [2.24, 2.45) is 5.10 Å². The molecule has 0 heterocycles. The van der Waals surface area contributed by atoms with Crippen molar-refractivity contribution in [2.75, 3.05) is 17.5 Å². The number of hydrogen-bond donors (Lipinski definition) is 1. The van der Waals surface area contributed by atoms with E-state index < -0.39 is 27.4 Å². The van der Waals surface area contributed by atoms with Crippen molar-refractivity contribution in [2.45, 2.75) is 11.8 Å². The molecule has 0 fully saturated rings. The van der Waals surface area contributed by atoms with E-state index in [2.05, 4.69) is 26.5 Å². The summed E-state index contributed by atoms with van der Waals surface area (Å²) in [5.41, 5.74) is 2.48. The third-order valence-electron chi connectivity index (χ3n) is 4.65. The summed E-state index contributed by atoms with van der Waals surface area (Å²) in [7, 11) is -4.12. The van der Waals surface area contributed by atoms with Crippen LogP contribution in [0, 0.1) is 10.1 Å². The molecule has 3 rings (SSSR count). The summed E-state index contributed by atoms with van der Waals surface area (Å²) in [6.45, 7) is 1.69. The van der Waals surface area contributed by atoms with E-state index in [1.54, 1.807) is 30.3 Å². The fourth-order valence-corrected chi connectivity index (χ4v) is 4.71. The fourth-order valence-electron chi connectivity index (χ4n) is 3.03. The van der Waals surface area contributed by atoms with Gasteiger partial charge in [0, 0.05) is 10.5 Å². The van der Waals surface area contributed by atoms with Gasteiger partial charge in [0.25, 0.3) is 21.6 Å². The number of nitro benzene ring substituents is 1. The molecule has 0 bridgehead atoms. The Morgan fingerprint density at radius 2 is 1.77 bits per heavy atom. The molecule has 0 radical (unpaired) electrons. The summed E-state index contributed by atoms with van der Waals surface area (Å²) < 4.78 is 33.8. The van der Waals surface area contributed by atoms with Gasteiger partial charge >= 0.3 is 0 Å². The van der Waals surface area contributed by atoms with E-state index in [0.29, 0.717) is 16.8 Å². The van der Waals surface area contributed by atoms with E-state index in [1.807, 2.05) is 6.92 Å². The molecule has 3 aromatic carbocycles. The average Bonchev–Trinajstić information content (AvgIpc) is 2.84. The Labute approximate surface area is 210 Å². The Morgan fingerprint density at radius 1 is 1.11 bits per heavy atom. The number of rotatable bonds is 10. The summed E-state index contributed by atoms with van der Waals surface area (Å²) >= 11 is 3.27. The van der Waals surface area contributed by atoms with Crippen molar-refractivity contribution >= 4 is 49.4 Å². The number of hydrogen-bond acceptors (Lipinski definition) is 7. The number of hydrazone groups is 1. The van der Waals surface area contributed by atoms with Crippen LogP contribution < -0.4 is 14.5 Å². The number of amides is 1. The van der Waals surface area contributed by atoms with Gasteiger partial charge in [-0.05, 0) is 61.5 Å². The van der Waals surface area contributed by atoms with Crippen LogP contribution in [0.15, 0.2) is 87.3 Å². The minimum atomic E-state index is -4.12. The number of sulfonamides is 1. The van der Waals surface area contributed by atoms with Crippen LogP contribution >= 0.6 is 15.9 Å². The Kier molecular flexibility index (Phi) is 8.55. The molecule has 182 valence electrons. The predicted molar refractivity (Wildman–Crippen MR) is 135 cm³/mol. The van der Waals surface area contributed by atoms with Gasteiger partial charge in [0.1, 0.15) is 12.3 Å². The summed E-state index contributed by atoms with van der Waals surface area (Å²) in [5.74, 6) is -0.190. The maximum atomic E-state index is 13.4. The highest BCUT2D eigenvalue weighted by Gasteiger charge is 2.27. The van der Waals surface area contributed by atoms with Gasteiger partial charge in [-0.1, -0.05) is 28.1 Å². The molecule has 1 amide bonds. The quantitative estimate of drug-likeness (QED) is 0.225. The number of benzene rings is 3. The van der Waals surface area contributed by atoms with E-state index in [9.17, 15) is 23.3 Å². The zero-order chi connectivity index (χ0) is 25.4. The van der Waals surface area contributed by atoms with E-state index in [1.165, 1.54) is 42.5 Å². The number of nitro groups is 1. The zero-order valence-electron chi connectivity index (χ0n) is 18.5. The highest BCUT2D eigenvalue weighted by atomic mass is 79.9. The molecule has 0 saturated carbocycles. The molecule has 0 saturated heterocycles. The minimum absolute atomic E-state index is 0.00852. The number of ether oxygens (including phenoxy) is 1. The minimum Gasteiger partial charge on any atom is -0.494 e. The summed E-state index contributed by atoms with van der Waals surface area (Å²) in [5, 5.41) is 14.9. The first kappa shape index (κ1) is 25.8. The average molecular weight is 561 g/mol. The van der Waals surface area contributed by atoms with Gasteiger partial charge in [0.15, 0.2) is 0 Å². The monoisotopic (exact) mass is 560 g/mol. The van der Waals surface area contributed by atoms with Crippen LogP contribution in [-0.4, -0.2) is 38.6 Å². The molecule has 1 N–H and O–H groups in total. The lowest BCUT2D eigenvalue weighted by molar-refractivity contribution is -0.385. The molecular weight excluding hydrogens is 540 g/mol. The van der Waals surface area contributed by atoms with Gasteiger partial charge < -0.3 is 4.74 Å². The van der Waals surface area contributed by atoms with Crippen LogP contribution in [0.25, 0.3) is 0 Å². The van der Waals surface area contributed by atoms with E-state index in [0.717, 1.165) is 10.5 Å². The van der Waals surface area contributed by atoms with E-state index in [-0.39, 0.29) is 21.8 Å². The first-order valence-electron chi connectivity index (χ1n) is 10.3. The molecule has 0 aromatic heterocycles. The molecule has 0 atom stereocenters. The number of halogens is 1. The number of nitrogens with zero attached hydrogens (tertiary/aromatic N) is 3. The second kappa shape index (κ2) is 11.6. The molecule has 0 spiro atoms. The number of para-hydroxylation sites is 1. The van der Waals surface area contributed by atoms with Crippen LogP contribution in [0.1, 0.15) is 12.5 Å². The molecule has 0 aliphatic rings. The molecule has 3 aromatic rings. The number of nitrogens with one attached hydrogen (secondary N) is 1. The number of carbonyl (C=O) groups is 1. The van der Waals surface area contributed by atoms with Crippen molar-refractivity contribution in [3.8, 4) is 5.75 Å². The summed E-state index contributed by atoms with van der Waals surface area (Å²) in [6.07, 6.45) is 1.13. The van der Waals surface area contributed by atoms with Crippen molar-refractivity contribution < 1.29 is 22.9 Å². The van der Waals surface area contributed by atoms with Gasteiger partial charge in [-0.15, -0.1) is 0 Å². The summed E-state index contributed by atoms with van der Waals surface area (Å²) in [4.78, 5) is 23.2. The molecule has 10 nitrogen and oxygen atoms in total. The Morgan fingerprint density at radius 3 is 2.40 bits per heavy atom. The predicted octanol–water partition coefficient (Wildman–Crippen LogP) is 4.10. The third-order valence-corrected chi connectivity index (χ3v) is 6.97. The lowest BCUT2D eigenvalue weighted by Gasteiger charge is -2.24. The van der Waals surface area contributed by atoms with Gasteiger partial charge in [0.2, 0.25) is 0 Å². The van der Waals surface area contributed by atoms with Crippen LogP contribution in [0.3, 0.4) is 0 Å². The smallest absolute Gasteiger partial charge is 0.278 e. The topological polar surface area (TPSA) is 131 Å². The highest BCUT2D eigenvalue weighted by molar-refractivity contribution is 9.10. The summed E-state index contributed by atoms with van der Waals surface area (Å²) in [6, 6.07) is 18.2. The SMILES string of the molecule is CCOc1ccc(N(CC(=O)N/N=C\c2ccccc2[N+](=O)[O-])S(=O)(=O)c2ccc(Br)cc2)cc1. The first-order chi connectivity index (χ1) is 16.7. The lowest BCUT2D eigenvalue weighted by Crippen LogP contribution is -2.39. The van der Waals surface area contributed by atoms with Crippen LogP contribution in [0.2, 0.25) is 0 Å². The first-order valence-corrected chi connectivity index (χ1v) is 12.5. The molecule has 0 aliphatic carbocycles. The van der Waals surface area contributed by atoms with Gasteiger partial charge in [0.05, 0.1) is 33.9 Å². The van der Waals surface area contributed by atoms with Gasteiger partial charge in [-0.2, -0.15) is 5.10 Å². The molecule has 12 heteroatoms. The van der Waals surface area contributed by atoms with Crippen LogP contribution in [0.4, 0.5) is 11.4 Å². The molecule has 35 heavy (non-hydrogen) atoms. The van der Waals surface area contributed by atoms with Crippen molar-refractivity contribution in [3.63, 3.8) is 0 Å². The maximum Gasteiger partial charge on any atom is 0.278 e. The zero-order valence-corrected chi connectivity index (χ0v) is 20.9. The van der Waals surface area contributed by atoms with Crippen molar-refractivity contribution in [1.82, 2.24) is 5.43 Å². The molecule has 0 unspecified atom stereocenters. The molecule has 0 aliphatic heterocycles. The highest BCUT2D eigenvalue weighted by Crippen LogP contribution is 2.26. The lowest BCUT2D eigenvalue weighted by atomic mass is 10.2. The number of carbonyl (C=O) groups excluding carboxylic acids is 1. The Balaban J connectivity index is 1.86. The maximum absolute atomic E-state index is 13.4. The van der Waals surface area contributed by atoms with Crippen LogP contribution in [0.5, 0.6) is 5.75 Å². The van der Waals surface area contributed by atoms with Gasteiger partial charge in [-0.3, -0.25) is 19.2 Å². The van der Waals surface area contributed by atoms with E-state index >= 15 is 0 Å². The van der Waals surface area contributed by atoms with Crippen molar-refractivity contribution in [1.29, 1.82) is 0 Å². The Hall–Kier alpha value is -3.77. The second-order valence-electron chi connectivity index (χ2n) is 7.00. The standard InChI is InChI=1S/C23H21BrN4O6S/c1-2-34-20-11-9-19(10-12-20)27(35(32,33)21-13-7-18(24)8-14-21)16-23(29)26-25-15-17-5-3-4-6-22(17)28(30)31/h3-15H,2,16H2,1H3,(H,26,29)/b25-15-. The van der Waals surface area contributed by atoms with Gasteiger partial charge in [-0.25, -0.2) is 13.8 Å². The van der Waals surface area contributed by atoms with Crippen LogP contribution in [-0.2, 0) is 14.8 Å². The normalized spacial score (nSPS) is 11.3. The molecular formula is C23H21BrN4O6S. The fraction of sp³-hybridized carbons (Fsp3) is 0.130. The second-order valence-corrected chi connectivity index (χ2v) is 9.78. The third kappa shape index (κ3) is 6.64. The van der Waals surface area contributed by atoms with Crippen molar-refractivity contribution in [3.05, 3.63) is 92.9 Å².